The number of hydrogen-bond acceptors (Lipinski definition) is 3. The van der Waals surface area contributed by atoms with Crippen LogP contribution in [0.3, 0.4) is 0 Å². The molecule has 0 atom stereocenters. The maximum atomic E-state index is 13.9. The zero-order valence-electron chi connectivity index (χ0n) is 11.1. The van der Waals surface area contributed by atoms with E-state index in [0.29, 0.717) is 32.3 Å². The van der Waals surface area contributed by atoms with Crippen molar-refractivity contribution in [2.24, 2.45) is 0 Å². The molecule has 0 bridgehead atoms. The normalized spacial score (nSPS) is 11.0. The molecule has 0 aliphatic carbocycles. The second-order valence-electron chi connectivity index (χ2n) is 4.55. The molecule has 0 aliphatic heterocycles. The Labute approximate surface area is 134 Å². The molecule has 3 rings (SSSR count). The first-order valence-electron chi connectivity index (χ1n) is 6.33. The summed E-state index contributed by atoms with van der Waals surface area (Å²) in [6, 6.07) is 9.72. The van der Waals surface area contributed by atoms with Gasteiger partial charge in [-0.25, -0.2) is 9.37 Å². The van der Waals surface area contributed by atoms with Gasteiger partial charge >= 0.3 is 5.97 Å². The van der Waals surface area contributed by atoms with Crippen molar-refractivity contribution in [1.82, 2.24) is 9.97 Å². The van der Waals surface area contributed by atoms with E-state index >= 15 is 0 Å². The first-order chi connectivity index (χ1) is 10.5. The monoisotopic (exact) mass is 336 g/mol. The molecular formula is C15H10ClFN2O2S. The van der Waals surface area contributed by atoms with Crippen molar-refractivity contribution < 1.29 is 14.3 Å². The molecule has 1 aromatic heterocycles. The van der Waals surface area contributed by atoms with Crippen LogP contribution in [0.2, 0.25) is 5.02 Å². The lowest BCUT2D eigenvalue weighted by molar-refractivity contribution is -0.133. The number of hydrogen-bond donors (Lipinski definition) is 2. The molecule has 0 unspecified atom stereocenters. The summed E-state index contributed by atoms with van der Waals surface area (Å²) in [6.07, 6.45) is 0. The summed E-state index contributed by atoms with van der Waals surface area (Å²) in [6.45, 7) is 0. The standard InChI is InChI=1S/C15H10ClFN2O2S/c16-10-6-13-12(18-15(19-13)22-7-14(20)21)5-9(10)8-3-1-2-4-11(8)17/h1-6H,7H2,(H,18,19)(H,20,21). The lowest BCUT2D eigenvalue weighted by atomic mass is 10.0. The van der Waals surface area contributed by atoms with Gasteiger partial charge in [0.15, 0.2) is 5.16 Å². The minimum atomic E-state index is -0.921. The smallest absolute Gasteiger partial charge is 0.313 e. The van der Waals surface area contributed by atoms with Gasteiger partial charge in [-0.2, -0.15) is 0 Å². The van der Waals surface area contributed by atoms with Crippen LogP contribution in [0.4, 0.5) is 4.39 Å². The molecule has 4 nitrogen and oxygen atoms in total. The fourth-order valence-corrected chi connectivity index (χ4v) is 2.96. The van der Waals surface area contributed by atoms with Crippen molar-refractivity contribution in [3.63, 3.8) is 0 Å². The van der Waals surface area contributed by atoms with Gasteiger partial charge in [0.2, 0.25) is 0 Å². The van der Waals surface area contributed by atoms with Crippen LogP contribution >= 0.6 is 23.4 Å². The van der Waals surface area contributed by atoms with Gasteiger partial charge in [-0.3, -0.25) is 4.79 Å². The van der Waals surface area contributed by atoms with Gasteiger partial charge in [-0.15, -0.1) is 0 Å². The van der Waals surface area contributed by atoms with Crippen molar-refractivity contribution in [2.45, 2.75) is 5.16 Å². The lowest BCUT2D eigenvalue weighted by Crippen LogP contribution is -1.97. The highest BCUT2D eigenvalue weighted by atomic mass is 35.5. The Morgan fingerprint density at radius 1 is 1.32 bits per heavy atom. The quantitative estimate of drug-likeness (QED) is 0.701. The highest BCUT2D eigenvalue weighted by Crippen LogP contribution is 2.33. The van der Waals surface area contributed by atoms with Gasteiger partial charge in [0.1, 0.15) is 5.82 Å². The third kappa shape index (κ3) is 2.93. The van der Waals surface area contributed by atoms with E-state index in [2.05, 4.69) is 9.97 Å². The van der Waals surface area contributed by atoms with Crippen molar-refractivity contribution in [3.05, 3.63) is 47.2 Å². The second kappa shape index (κ2) is 5.98. The van der Waals surface area contributed by atoms with E-state index in [1.165, 1.54) is 6.07 Å². The molecule has 3 aromatic rings. The van der Waals surface area contributed by atoms with E-state index in [0.717, 1.165) is 11.8 Å². The Kier molecular flexibility index (Phi) is 4.04. The van der Waals surface area contributed by atoms with Crippen LogP contribution in [0, 0.1) is 5.82 Å². The van der Waals surface area contributed by atoms with Crippen molar-refractivity contribution in [3.8, 4) is 11.1 Å². The first-order valence-corrected chi connectivity index (χ1v) is 7.69. The molecule has 0 saturated heterocycles. The summed E-state index contributed by atoms with van der Waals surface area (Å²) >= 11 is 7.31. The van der Waals surface area contributed by atoms with E-state index in [4.69, 9.17) is 16.7 Å². The molecule has 0 fully saturated rings. The molecule has 112 valence electrons. The Morgan fingerprint density at radius 3 is 2.82 bits per heavy atom. The van der Waals surface area contributed by atoms with Gasteiger partial charge in [-0.05, 0) is 18.2 Å². The first kappa shape index (κ1) is 14.9. The number of nitrogens with one attached hydrogen (secondary N) is 1. The Morgan fingerprint density at radius 2 is 2.09 bits per heavy atom. The molecule has 1 heterocycles. The molecule has 0 spiro atoms. The van der Waals surface area contributed by atoms with E-state index in [-0.39, 0.29) is 11.6 Å². The van der Waals surface area contributed by atoms with Crippen LogP contribution in [-0.2, 0) is 4.79 Å². The SMILES string of the molecule is O=C(O)CSc1nc2cc(-c3ccccc3F)c(Cl)cc2[nH]1. The Balaban J connectivity index is 2.04. The van der Waals surface area contributed by atoms with E-state index in [1.807, 2.05) is 0 Å². The Hall–Kier alpha value is -2.05. The summed E-state index contributed by atoms with van der Waals surface area (Å²) in [5.41, 5.74) is 2.24. The van der Waals surface area contributed by atoms with Crippen molar-refractivity contribution in [2.75, 3.05) is 5.75 Å². The predicted molar refractivity (Wildman–Crippen MR) is 84.9 cm³/mol. The van der Waals surface area contributed by atoms with Crippen LogP contribution in [0.5, 0.6) is 0 Å². The number of halogens is 2. The Bertz CT molecular complexity index is 866. The summed E-state index contributed by atoms with van der Waals surface area (Å²) in [5, 5.41) is 9.58. The van der Waals surface area contributed by atoms with Crippen molar-refractivity contribution in [1.29, 1.82) is 0 Å². The zero-order valence-corrected chi connectivity index (χ0v) is 12.7. The molecule has 0 aliphatic rings. The number of aromatic nitrogens is 2. The van der Waals surface area contributed by atoms with E-state index in [1.54, 1.807) is 30.3 Å². The maximum absolute atomic E-state index is 13.9. The topological polar surface area (TPSA) is 66.0 Å². The largest absolute Gasteiger partial charge is 0.481 e. The maximum Gasteiger partial charge on any atom is 0.313 e. The number of carboxylic acid groups (broad SMARTS) is 1. The minimum absolute atomic E-state index is 0.0896. The number of rotatable bonds is 4. The molecule has 0 amide bonds. The average molecular weight is 337 g/mol. The summed E-state index contributed by atoms with van der Waals surface area (Å²) < 4.78 is 13.9. The summed E-state index contributed by atoms with van der Waals surface area (Å²) in [4.78, 5) is 17.9. The fraction of sp³-hybridized carbons (Fsp3) is 0.0667. The fourth-order valence-electron chi connectivity index (χ4n) is 2.09. The number of thioether (sulfide) groups is 1. The molecule has 0 saturated carbocycles. The number of aliphatic carboxylic acids is 1. The highest BCUT2D eigenvalue weighted by Gasteiger charge is 2.13. The van der Waals surface area contributed by atoms with Gasteiger partial charge < -0.3 is 10.1 Å². The van der Waals surface area contributed by atoms with Gasteiger partial charge in [0, 0.05) is 11.1 Å². The molecule has 7 heteroatoms. The average Bonchev–Trinajstić information content (AvgIpc) is 2.87. The van der Waals surface area contributed by atoms with Gasteiger partial charge in [0.25, 0.3) is 0 Å². The van der Waals surface area contributed by atoms with Crippen LogP contribution in [0.1, 0.15) is 0 Å². The van der Waals surface area contributed by atoms with Crippen LogP contribution in [0.25, 0.3) is 22.2 Å². The third-order valence-electron chi connectivity index (χ3n) is 3.05. The second-order valence-corrected chi connectivity index (χ2v) is 5.92. The van der Waals surface area contributed by atoms with Crippen molar-refractivity contribution >= 4 is 40.4 Å². The summed E-state index contributed by atoms with van der Waals surface area (Å²) in [5.74, 6) is -1.37. The number of imidazole rings is 1. The summed E-state index contributed by atoms with van der Waals surface area (Å²) in [7, 11) is 0. The molecule has 2 N–H and O–H groups in total. The third-order valence-corrected chi connectivity index (χ3v) is 4.22. The number of carbonyl (C=O) groups is 1. The van der Waals surface area contributed by atoms with Gasteiger partial charge in [0.05, 0.1) is 21.8 Å². The van der Waals surface area contributed by atoms with Crippen LogP contribution in [-0.4, -0.2) is 26.8 Å². The molecule has 2 aromatic carbocycles. The molecule has 0 radical (unpaired) electrons. The number of H-pyrrole nitrogens is 1. The zero-order chi connectivity index (χ0) is 15.7. The number of benzene rings is 2. The van der Waals surface area contributed by atoms with Crippen LogP contribution < -0.4 is 0 Å². The number of fused-ring (bicyclic) bond motifs is 1. The predicted octanol–water partition coefficient (Wildman–Crippen LogP) is 4.20. The highest BCUT2D eigenvalue weighted by molar-refractivity contribution is 7.99. The molecule has 22 heavy (non-hydrogen) atoms. The number of nitrogens with zero attached hydrogens (tertiary/aromatic N) is 1. The van der Waals surface area contributed by atoms with E-state index in [9.17, 15) is 9.18 Å². The van der Waals surface area contributed by atoms with E-state index < -0.39 is 5.97 Å². The molecular weight excluding hydrogens is 327 g/mol. The number of carboxylic acids is 1. The van der Waals surface area contributed by atoms with Gasteiger partial charge in [-0.1, -0.05) is 41.6 Å². The lowest BCUT2D eigenvalue weighted by Gasteiger charge is -2.05. The van der Waals surface area contributed by atoms with Crippen LogP contribution in [0.15, 0.2) is 41.6 Å². The number of aromatic amines is 1. The minimum Gasteiger partial charge on any atom is -0.481 e.